The number of aryl methyl sites for hydroxylation is 1. The van der Waals surface area contributed by atoms with Crippen molar-refractivity contribution in [2.75, 3.05) is 0 Å². The first-order valence-electron chi connectivity index (χ1n) is 7.83. The van der Waals surface area contributed by atoms with Crippen LogP contribution in [-0.4, -0.2) is 15.6 Å². The van der Waals surface area contributed by atoms with E-state index in [1.165, 1.54) is 0 Å². The quantitative estimate of drug-likeness (QED) is 0.677. The lowest BCUT2D eigenvalue weighted by atomic mass is 10.1. The number of fused-ring (bicyclic) bond motifs is 1. The average molecular weight is 321 g/mol. The van der Waals surface area contributed by atoms with Crippen LogP contribution in [0, 0.1) is 6.92 Å². The SMILES string of the molecule is Cc1ccc(C(=O)N=Nc2c(O)n(C(C)C)c3ccccc23)cc1. The van der Waals surface area contributed by atoms with Gasteiger partial charge in [0.25, 0.3) is 5.91 Å². The molecule has 0 saturated carbocycles. The van der Waals surface area contributed by atoms with Gasteiger partial charge in [0.15, 0.2) is 5.69 Å². The second kappa shape index (κ2) is 6.28. The fourth-order valence-electron chi connectivity index (χ4n) is 2.70. The van der Waals surface area contributed by atoms with Crippen LogP contribution in [0.5, 0.6) is 5.88 Å². The number of aromatic hydroxyl groups is 1. The number of para-hydroxylation sites is 1. The molecule has 0 fully saturated rings. The lowest BCUT2D eigenvalue weighted by Crippen LogP contribution is -1.98. The number of carbonyl (C=O) groups excluding carboxylic acids is 1. The molecule has 122 valence electrons. The molecule has 0 aliphatic carbocycles. The van der Waals surface area contributed by atoms with Gasteiger partial charge < -0.3 is 9.67 Å². The Bertz CT molecular complexity index is 922. The maximum atomic E-state index is 12.2. The molecule has 0 radical (unpaired) electrons. The summed E-state index contributed by atoms with van der Waals surface area (Å²) in [6.45, 7) is 5.91. The van der Waals surface area contributed by atoms with Crippen molar-refractivity contribution in [1.82, 2.24) is 4.57 Å². The first kappa shape index (κ1) is 15.9. The third-order valence-electron chi connectivity index (χ3n) is 3.91. The molecule has 3 rings (SSSR count). The number of nitrogens with zero attached hydrogens (tertiary/aromatic N) is 3. The van der Waals surface area contributed by atoms with Crippen molar-refractivity contribution in [2.24, 2.45) is 10.2 Å². The first-order valence-corrected chi connectivity index (χ1v) is 7.83. The number of hydrogen-bond acceptors (Lipinski definition) is 3. The Labute approximate surface area is 140 Å². The molecule has 0 saturated heterocycles. The summed E-state index contributed by atoms with van der Waals surface area (Å²) in [7, 11) is 0. The fraction of sp³-hybridized carbons (Fsp3) is 0.211. The van der Waals surface area contributed by atoms with Gasteiger partial charge in [-0.25, -0.2) is 0 Å². The molecule has 1 amide bonds. The minimum atomic E-state index is -0.434. The molecular weight excluding hydrogens is 302 g/mol. The molecule has 1 aromatic heterocycles. The number of rotatable bonds is 3. The summed E-state index contributed by atoms with van der Waals surface area (Å²) in [6, 6.07) is 14.7. The summed E-state index contributed by atoms with van der Waals surface area (Å²) < 4.78 is 1.78. The normalized spacial score (nSPS) is 11.7. The predicted molar refractivity (Wildman–Crippen MR) is 94.0 cm³/mol. The summed E-state index contributed by atoms with van der Waals surface area (Å²) in [6.07, 6.45) is 0. The zero-order valence-electron chi connectivity index (χ0n) is 13.9. The molecule has 5 nitrogen and oxygen atoms in total. The topological polar surface area (TPSA) is 66.9 Å². The van der Waals surface area contributed by atoms with Crippen LogP contribution >= 0.6 is 0 Å². The van der Waals surface area contributed by atoms with Gasteiger partial charge in [-0.3, -0.25) is 4.79 Å². The van der Waals surface area contributed by atoms with Crippen molar-refractivity contribution in [3.8, 4) is 5.88 Å². The minimum absolute atomic E-state index is 0.0201. The maximum Gasteiger partial charge on any atom is 0.295 e. The Morgan fingerprint density at radius 3 is 2.42 bits per heavy atom. The molecule has 24 heavy (non-hydrogen) atoms. The van der Waals surface area contributed by atoms with E-state index >= 15 is 0 Å². The second-order valence-electron chi connectivity index (χ2n) is 6.02. The van der Waals surface area contributed by atoms with Crippen molar-refractivity contribution in [1.29, 1.82) is 0 Å². The van der Waals surface area contributed by atoms with E-state index in [0.29, 0.717) is 11.3 Å². The molecule has 5 heteroatoms. The van der Waals surface area contributed by atoms with E-state index in [9.17, 15) is 9.90 Å². The highest BCUT2D eigenvalue weighted by atomic mass is 16.3. The van der Waals surface area contributed by atoms with Crippen molar-refractivity contribution in [2.45, 2.75) is 26.8 Å². The molecule has 3 aromatic rings. The Morgan fingerprint density at radius 1 is 1.08 bits per heavy atom. The van der Waals surface area contributed by atoms with Gasteiger partial charge >= 0.3 is 0 Å². The van der Waals surface area contributed by atoms with Crippen LogP contribution in [0.1, 0.15) is 35.8 Å². The van der Waals surface area contributed by atoms with E-state index in [1.54, 1.807) is 16.7 Å². The van der Waals surface area contributed by atoms with Gasteiger partial charge in [0.05, 0.1) is 5.52 Å². The molecule has 0 aliphatic heterocycles. The van der Waals surface area contributed by atoms with Crippen LogP contribution < -0.4 is 0 Å². The number of aromatic nitrogens is 1. The highest BCUT2D eigenvalue weighted by Gasteiger charge is 2.18. The highest BCUT2D eigenvalue weighted by Crippen LogP contribution is 2.40. The smallest absolute Gasteiger partial charge is 0.295 e. The van der Waals surface area contributed by atoms with Crippen LogP contribution in [0.3, 0.4) is 0 Å². The van der Waals surface area contributed by atoms with Crippen LogP contribution in [-0.2, 0) is 0 Å². The average Bonchev–Trinajstić information content (AvgIpc) is 2.85. The molecule has 0 spiro atoms. The molecule has 0 aliphatic rings. The van der Waals surface area contributed by atoms with Gasteiger partial charge in [0, 0.05) is 17.0 Å². The van der Waals surface area contributed by atoms with Gasteiger partial charge in [-0.05, 0) is 39.0 Å². The Hall–Kier alpha value is -2.95. The highest BCUT2D eigenvalue weighted by molar-refractivity contribution is 5.97. The summed E-state index contributed by atoms with van der Waals surface area (Å²) in [5.41, 5.74) is 2.72. The van der Waals surface area contributed by atoms with Crippen LogP contribution in [0.25, 0.3) is 10.9 Å². The number of benzene rings is 2. The lowest BCUT2D eigenvalue weighted by Gasteiger charge is -2.10. The Kier molecular flexibility index (Phi) is 4.16. The number of hydrogen-bond donors (Lipinski definition) is 1. The van der Waals surface area contributed by atoms with E-state index in [1.807, 2.05) is 57.2 Å². The van der Waals surface area contributed by atoms with Gasteiger partial charge in [0.2, 0.25) is 5.88 Å². The largest absolute Gasteiger partial charge is 0.493 e. The molecule has 0 unspecified atom stereocenters. The van der Waals surface area contributed by atoms with Gasteiger partial charge in [-0.15, -0.1) is 10.2 Å². The van der Waals surface area contributed by atoms with E-state index in [-0.39, 0.29) is 11.9 Å². The van der Waals surface area contributed by atoms with Gasteiger partial charge in [-0.2, -0.15) is 0 Å². The minimum Gasteiger partial charge on any atom is -0.493 e. The summed E-state index contributed by atoms with van der Waals surface area (Å²) in [5.74, 6) is -0.414. The third-order valence-corrected chi connectivity index (χ3v) is 3.91. The number of azo groups is 1. The van der Waals surface area contributed by atoms with Crippen molar-refractivity contribution in [3.05, 3.63) is 59.7 Å². The summed E-state index contributed by atoms with van der Waals surface area (Å²) in [5, 5.41) is 19.1. The van der Waals surface area contributed by atoms with Crippen molar-refractivity contribution in [3.63, 3.8) is 0 Å². The van der Waals surface area contributed by atoms with Crippen LogP contribution in [0.4, 0.5) is 5.69 Å². The van der Waals surface area contributed by atoms with Gasteiger partial charge in [-0.1, -0.05) is 35.9 Å². The third kappa shape index (κ3) is 2.80. The zero-order valence-corrected chi connectivity index (χ0v) is 13.9. The van der Waals surface area contributed by atoms with Crippen LogP contribution in [0.2, 0.25) is 0 Å². The van der Waals surface area contributed by atoms with Crippen molar-refractivity contribution >= 4 is 22.5 Å². The monoisotopic (exact) mass is 321 g/mol. The fourth-order valence-corrected chi connectivity index (χ4v) is 2.70. The Balaban J connectivity index is 2.02. The van der Waals surface area contributed by atoms with E-state index in [2.05, 4.69) is 10.2 Å². The maximum absolute atomic E-state index is 12.2. The molecule has 2 aromatic carbocycles. The first-order chi connectivity index (χ1) is 11.5. The molecule has 1 N–H and O–H groups in total. The number of carbonyl (C=O) groups is 1. The standard InChI is InChI=1S/C19H19N3O2/c1-12(2)22-16-7-5-4-6-15(16)17(19(22)24)20-21-18(23)14-10-8-13(3)9-11-14/h4-12,24H,1-3H3. The molecule has 1 heterocycles. The second-order valence-corrected chi connectivity index (χ2v) is 6.02. The van der Waals surface area contributed by atoms with E-state index < -0.39 is 5.91 Å². The van der Waals surface area contributed by atoms with Crippen molar-refractivity contribution < 1.29 is 9.90 Å². The number of amides is 1. The van der Waals surface area contributed by atoms with E-state index in [0.717, 1.165) is 16.5 Å². The zero-order chi connectivity index (χ0) is 17.3. The Morgan fingerprint density at radius 2 is 1.75 bits per heavy atom. The summed E-state index contributed by atoms with van der Waals surface area (Å²) >= 11 is 0. The van der Waals surface area contributed by atoms with Crippen LogP contribution in [0.15, 0.2) is 58.8 Å². The molecule has 0 atom stereocenters. The lowest BCUT2D eigenvalue weighted by molar-refractivity contribution is 0.0995. The molecular formula is C19H19N3O2. The molecule has 0 bridgehead atoms. The van der Waals surface area contributed by atoms with E-state index in [4.69, 9.17) is 0 Å². The van der Waals surface area contributed by atoms with Gasteiger partial charge in [0.1, 0.15) is 0 Å². The summed E-state index contributed by atoms with van der Waals surface area (Å²) in [4.78, 5) is 12.2. The predicted octanol–water partition coefficient (Wildman–Crippen LogP) is 5.16.